The summed E-state index contributed by atoms with van der Waals surface area (Å²) in [7, 11) is 0. The van der Waals surface area contributed by atoms with E-state index >= 15 is 0 Å². The van der Waals surface area contributed by atoms with E-state index in [1.807, 2.05) is 0 Å². The van der Waals surface area contributed by atoms with E-state index in [1.165, 1.54) is 3.58 Å². The smallest absolute Gasteiger partial charge is 0.135 e. The van der Waals surface area contributed by atoms with Crippen molar-refractivity contribution in [3.8, 4) is 0 Å². The molecule has 0 radical (unpaired) electrons. The first kappa shape index (κ1) is 9.23. The lowest BCUT2D eigenvalue weighted by molar-refractivity contribution is -0.120. The minimum atomic E-state index is 0.363. The molecule has 1 atom stereocenters. The summed E-state index contributed by atoms with van der Waals surface area (Å²) in [6.45, 7) is 3.82. The standard InChI is InChI=1S/C9H13IO/c1-7(10)5-6-8-3-2-4-9(8)11/h8H,1-6H2. The fourth-order valence-electron chi connectivity index (χ4n) is 1.52. The molecule has 1 aliphatic rings. The van der Waals surface area contributed by atoms with Gasteiger partial charge in [0.15, 0.2) is 0 Å². The first-order chi connectivity index (χ1) is 5.20. The van der Waals surface area contributed by atoms with Crippen LogP contribution in [0.1, 0.15) is 32.1 Å². The zero-order valence-corrected chi connectivity index (χ0v) is 8.76. The van der Waals surface area contributed by atoms with E-state index in [0.717, 1.165) is 32.1 Å². The van der Waals surface area contributed by atoms with Crippen molar-refractivity contribution in [2.45, 2.75) is 32.1 Å². The summed E-state index contributed by atoms with van der Waals surface area (Å²) in [6, 6.07) is 0. The molecule has 0 aromatic carbocycles. The van der Waals surface area contributed by atoms with Crippen LogP contribution in [-0.2, 0) is 4.79 Å². The van der Waals surface area contributed by atoms with Gasteiger partial charge in [-0.05, 0) is 51.9 Å². The van der Waals surface area contributed by atoms with Gasteiger partial charge in [0.2, 0.25) is 0 Å². The largest absolute Gasteiger partial charge is 0.299 e. The molecule has 1 rings (SSSR count). The molecule has 0 bridgehead atoms. The van der Waals surface area contributed by atoms with E-state index in [1.54, 1.807) is 0 Å². The van der Waals surface area contributed by atoms with Gasteiger partial charge in [-0.15, -0.1) is 0 Å². The molecular formula is C9H13IO. The SMILES string of the molecule is C=C(I)CCC1CCCC1=O. The molecule has 1 nitrogen and oxygen atoms in total. The van der Waals surface area contributed by atoms with Crippen LogP contribution in [-0.4, -0.2) is 5.78 Å². The quantitative estimate of drug-likeness (QED) is 0.716. The molecule has 62 valence electrons. The van der Waals surface area contributed by atoms with E-state index in [-0.39, 0.29) is 0 Å². The molecule has 0 aromatic rings. The summed E-state index contributed by atoms with van der Waals surface area (Å²) in [5.41, 5.74) is 0. The number of carbonyl (C=O) groups excluding carboxylic acids is 1. The van der Waals surface area contributed by atoms with Gasteiger partial charge in [0, 0.05) is 12.3 Å². The number of carbonyl (C=O) groups is 1. The third-order valence-electron chi connectivity index (χ3n) is 2.20. The highest BCUT2D eigenvalue weighted by Crippen LogP contribution is 2.27. The lowest BCUT2D eigenvalue weighted by Gasteiger charge is -2.05. The van der Waals surface area contributed by atoms with Crippen molar-refractivity contribution >= 4 is 28.4 Å². The maximum atomic E-state index is 11.2. The van der Waals surface area contributed by atoms with Crippen LogP contribution in [0.3, 0.4) is 0 Å². The Balaban J connectivity index is 2.26. The topological polar surface area (TPSA) is 17.1 Å². The van der Waals surface area contributed by atoms with Gasteiger partial charge >= 0.3 is 0 Å². The minimum absolute atomic E-state index is 0.363. The Morgan fingerprint density at radius 3 is 2.91 bits per heavy atom. The number of hydrogen-bond donors (Lipinski definition) is 0. The fraction of sp³-hybridized carbons (Fsp3) is 0.667. The van der Waals surface area contributed by atoms with Crippen LogP contribution in [0.5, 0.6) is 0 Å². The lowest BCUT2D eigenvalue weighted by Crippen LogP contribution is -2.05. The highest BCUT2D eigenvalue weighted by Gasteiger charge is 2.23. The van der Waals surface area contributed by atoms with Crippen LogP contribution in [0.4, 0.5) is 0 Å². The fourth-order valence-corrected chi connectivity index (χ4v) is 1.84. The molecule has 0 aromatic heterocycles. The van der Waals surface area contributed by atoms with Gasteiger partial charge in [-0.25, -0.2) is 0 Å². The minimum Gasteiger partial charge on any atom is -0.299 e. The molecule has 0 heterocycles. The molecule has 1 unspecified atom stereocenters. The summed E-state index contributed by atoms with van der Waals surface area (Å²) in [4.78, 5) is 11.2. The predicted molar refractivity (Wildman–Crippen MR) is 54.7 cm³/mol. The summed E-state index contributed by atoms with van der Waals surface area (Å²) in [5, 5.41) is 0. The monoisotopic (exact) mass is 264 g/mol. The molecule has 0 N–H and O–H groups in total. The van der Waals surface area contributed by atoms with E-state index in [4.69, 9.17) is 0 Å². The van der Waals surface area contributed by atoms with Gasteiger partial charge in [0.1, 0.15) is 5.78 Å². The molecule has 1 aliphatic carbocycles. The Bertz CT molecular complexity index is 174. The number of Topliss-reactive ketones (excluding diaryl/α,β-unsaturated/α-hetero) is 1. The molecule has 11 heavy (non-hydrogen) atoms. The van der Waals surface area contributed by atoms with Crippen LogP contribution in [0, 0.1) is 5.92 Å². The molecule has 0 amide bonds. The Hall–Kier alpha value is 0.140. The van der Waals surface area contributed by atoms with Crippen molar-refractivity contribution in [1.82, 2.24) is 0 Å². The highest BCUT2D eigenvalue weighted by molar-refractivity contribution is 14.1. The van der Waals surface area contributed by atoms with Gasteiger partial charge in [-0.2, -0.15) is 0 Å². The van der Waals surface area contributed by atoms with Crippen LogP contribution in [0.2, 0.25) is 0 Å². The van der Waals surface area contributed by atoms with Crippen molar-refractivity contribution in [1.29, 1.82) is 0 Å². The summed E-state index contributed by atoms with van der Waals surface area (Å²) >= 11 is 2.23. The Morgan fingerprint density at radius 1 is 1.73 bits per heavy atom. The van der Waals surface area contributed by atoms with Crippen LogP contribution >= 0.6 is 22.6 Å². The molecule has 0 saturated heterocycles. The summed E-state index contributed by atoms with van der Waals surface area (Å²) in [6.07, 6.45) is 5.08. The number of halogens is 1. The second kappa shape index (κ2) is 4.24. The number of allylic oxidation sites excluding steroid dienone is 1. The third kappa shape index (κ3) is 2.93. The van der Waals surface area contributed by atoms with Gasteiger partial charge < -0.3 is 0 Å². The predicted octanol–water partition coefficient (Wildman–Crippen LogP) is 3.08. The van der Waals surface area contributed by atoms with Gasteiger partial charge in [0.25, 0.3) is 0 Å². The van der Waals surface area contributed by atoms with Gasteiger partial charge in [-0.3, -0.25) is 4.79 Å². The molecular weight excluding hydrogens is 251 g/mol. The summed E-state index contributed by atoms with van der Waals surface area (Å²) < 4.78 is 1.17. The van der Waals surface area contributed by atoms with Crippen molar-refractivity contribution in [3.05, 3.63) is 10.2 Å². The van der Waals surface area contributed by atoms with Gasteiger partial charge in [0.05, 0.1) is 0 Å². The number of hydrogen-bond acceptors (Lipinski definition) is 1. The van der Waals surface area contributed by atoms with Crippen LogP contribution in [0.25, 0.3) is 0 Å². The van der Waals surface area contributed by atoms with Crippen molar-refractivity contribution in [2.75, 3.05) is 0 Å². The number of ketones is 1. The lowest BCUT2D eigenvalue weighted by atomic mass is 10.0. The van der Waals surface area contributed by atoms with E-state index < -0.39 is 0 Å². The molecule has 1 saturated carbocycles. The van der Waals surface area contributed by atoms with Crippen LogP contribution < -0.4 is 0 Å². The Labute approximate surface area is 81.4 Å². The van der Waals surface area contributed by atoms with Gasteiger partial charge in [-0.1, -0.05) is 6.58 Å². The maximum absolute atomic E-state index is 11.2. The van der Waals surface area contributed by atoms with E-state index in [9.17, 15) is 4.79 Å². The molecule has 1 fully saturated rings. The Morgan fingerprint density at radius 2 is 2.45 bits per heavy atom. The summed E-state index contributed by atoms with van der Waals surface area (Å²) in [5.74, 6) is 0.837. The number of rotatable bonds is 3. The molecule has 2 heteroatoms. The third-order valence-corrected chi connectivity index (χ3v) is 2.73. The normalized spacial score (nSPS) is 24.1. The highest BCUT2D eigenvalue weighted by atomic mass is 127. The first-order valence-electron chi connectivity index (χ1n) is 4.06. The second-order valence-corrected chi connectivity index (χ2v) is 4.64. The van der Waals surface area contributed by atoms with E-state index in [0.29, 0.717) is 11.7 Å². The molecule has 0 spiro atoms. The van der Waals surface area contributed by atoms with E-state index in [2.05, 4.69) is 29.2 Å². The zero-order chi connectivity index (χ0) is 8.27. The Kier molecular flexibility index (Phi) is 3.55. The zero-order valence-electron chi connectivity index (χ0n) is 6.61. The van der Waals surface area contributed by atoms with Crippen molar-refractivity contribution < 1.29 is 4.79 Å². The second-order valence-electron chi connectivity index (χ2n) is 3.11. The first-order valence-corrected chi connectivity index (χ1v) is 5.14. The average Bonchev–Trinajstić information content (AvgIpc) is 2.31. The van der Waals surface area contributed by atoms with Crippen molar-refractivity contribution in [2.24, 2.45) is 5.92 Å². The average molecular weight is 264 g/mol. The van der Waals surface area contributed by atoms with Crippen LogP contribution in [0.15, 0.2) is 10.2 Å². The maximum Gasteiger partial charge on any atom is 0.135 e. The molecule has 0 aliphatic heterocycles. The van der Waals surface area contributed by atoms with Crippen molar-refractivity contribution in [3.63, 3.8) is 0 Å².